The molecule has 1 N–H and O–H groups in total. The van der Waals surface area contributed by atoms with Gasteiger partial charge in [-0.1, -0.05) is 36.6 Å². The van der Waals surface area contributed by atoms with Crippen molar-refractivity contribution in [2.45, 2.75) is 30.6 Å². The van der Waals surface area contributed by atoms with E-state index >= 15 is 0 Å². The van der Waals surface area contributed by atoms with Crippen LogP contribution in [0.3, 0.4) is 0 Å². The van der Waals surface area contributed by atoms with Crippen LogP contribution in [0.5, 0.6) is 0 Å². The first-order valence-corrected chi connectivity index (χ1v) is 12.8. The first-order chi connectivity index (χ1) is 15.5. The van der Waals surface area contributed by atoms with E-state index in [2.05, 4.69) is 10.2 Å². The van der Waals surface area contributed by atoms with Crippen LogP contribution in [0.2, 0.25) is 5.02 Å². The molecule has 4 rings (SSSR count). The van der Waals surface area contributed by atoms with Crippen LogP contribution in [-0.4, -0.2) is 58.0 Å². The van der Waals surface area contributed by atoms with Gasteiger partial charge in [0, 0.05) is 31.7 Å². The fraction of sp³-hybridized carbons (Fsp3) is 0.435. The van der Waals surface area contributed by atoms with Crippen LogP contribution in [0, 0.1) is 0 Å². The number of nitrogens with one attached hydrogen (secondary N) is 1. The Balaban J connectivity index is 1.58. The summed E-state index contributed by atoms with van der Waals surface area (Å²) in [5.74, 6) is -0.380. The van der Waals surface area contributed by atoms with Gasteiger partial charge < -0.3 is 15.0 Å². The van der Waals surface area contributed by atoms with Gasteiger partial charge in [0.05, 0.1) is 29.6 Å². The molecule has 0 spiro atoms. The van der Waals surface area contributed by atoms with Gasteiger partial charge in [0.2, 0.25) is 10.0 Å². The standard InChI is InChI=1S/C23H28ClN3O4S/c24-19-10-9-18(17-22(19)32(29,30)27-11-5-1-2-6-12-27)23(28)25-20-7-3-4-8-21(20)26-13-15-31-16-14-26/h3-4,7-10,17H,1-2,5-6,11-16H2,(H,25,28). The topological polar surface area (TPSA) is 79.0 Å². The van der Waals surface area contributed by atoms with Crippen LogP contribution in [-0.2, 0) is 14.8 Å². The molecule has 0 saturated carbocycles. The third-order valence-corrected chi connectivity index (χ3v) is 8.26. The van der Waals surface area contributed by atoms with Crippen molar-refractivity contribution in [3.05, 3.63) is 53.1 Å². The molecule has 0 bridgehead atoms. The van der Waals surface area contributed by atoms with E-state index in [9.17, 15) is 13.2 Å². The molecule has 2 aromatic carbocycles. The molecule has 0 radical (unpaired) electrons. The summed E-state index contributed by atoms with van der Waals surface area (Å²) in [6, 6.07) is 12.0. The Bertz CT molecular complexity index is 1060. The summed E-state index contributed by atoms with van der Waals surface area (Å²) in [4.78, 5) is 15.2. The Morgan fingerprint density at radius 3 is 2.34 bits per heavy atom. The van der Waals surface area contributed by atoms with Crippen molar-refractivity contribution < 1.29 is 17.9 Å². The second-order valence-corrected chi connectivity index (χ2v) is 10.3. The summed E-state index contributed by atoms with van der Waals surface area (Å²) in [7, 11) is -3.77. The molecule has 0 unspecified atom stereocenters. The zero-order chi connectivity index (χ0) is 22.6. The number of rotatable bonds is 5. The molecule has 172 valence electrons. The molecule has 2 aliphatic heterocycles. The maximum absolute atomic E-state index is 13.2. The highest BCUT2D eigenvalue weighted by Crippen LogP contribution is 2.30. The summed E-state index contributed by atoms with van der Waals surface area (Å²) < 4.78 is 33.4. The number of para-hydroxylation sites is 2. The number of hydrogen-bond donors (Lipinski definition) is 1. The highest BCUT2D eigenvalue weighted by molar-refractivity contribution is 7.89. The minimum Gasteiger partial charge on any atom is -0.378 e. The van der Waals surface area contributed by atoms with Gasteiger partial charge in [-0.05, 0) is 43.2 Å². The second kappa shape index (κ2) is 10.2. The Morgan fingerprint density at radius 1 is 0.938 bits per heavy atom. The van der Waals surface area contributed by atoms with Crippen molar-refractivity contribution >= 4 is 38.9 Å². The fourth-order valence-electron chi connectivity index (χ4n) is 4.12. The molecular weight excluding hydrogens is 450 g/mol. The van der Waals surface area contributed by atoms with Crippen LogP contribution >= 0.6 is 11.6 Å². The first-order valence-electron chi connectivity index (χ1n) is 11.0. The van der Waals surface area contributed by atoms with Crippen molar-refractivity contribution in [1.82, 2.24) is 4.31 Å². The Morgan fingerprint density at radius 2 is 1.62 bits per heavy atom. The average molecular weight is 478 g/mol. The summed E-state index contributed by atoms with van der Waals surface area (Å²) in [6.45, 7) is 3.70. The Labute approximate surface area is 194 Å². The third kappa shape index (κ3) is 5.09. The molecule has 2 saturated heterocycles. The van der Waals surface area contributed by atoms with E-state index in [4.69, 9.17) is 16.3 Å². The molecule has 9 heteroatoms. The van der Waals surface area contributed by atoms with Crippen molar-refractivity contribution in [1.29, 1.82) is 0 Å². The van der Waals surface area contributed by atoms with E-state index in [1.807, 2.05) is 24.3 Å². The Kier molecular flexibility index (Phi) is 7.35. The van der Waals surface area contributed by atoms with E-state index in [-0.39, 0.29) is 21.4 Å². The first kappa shape index (κ1) is 23.0. The van der Waals surface area contributed by atoms with E-state index in [1.165, 1.54) is 16.4 Å². The predicted octanol–water partition coefficient (Wildman–Crippen LogP) is 3.99. The van der Waals surface area contributed by atoms with Crippen LogP contribution in [0.15, 0.2) is 47.4 Å². The molecular formula is C23H28ClN3O4S. The second-order valence-electron chi connectivity index (χ2n) is 8.03. The molecule has 0 aromatic heterocycles. The molecule has 2 aromatic rings. The molecule has 32 heavy (non-hydrogen) atoms. The smallest absolute Gasteiger partial charge is 0.255 e. The number of nitrogens with zero attached hydrogens (tertiary/aromatic N) is 2. The summed E-state index contributed by atoms with van der Waals surface area (Å²) in [6.07, 6.45) is 3.69. The molecule has 0 aliphatic carbocycles. The molecule has 2 aliphatic rings. The van der Waals surface area contributed by atoms with Gasteiger partial charge in [-0.25, -0.2) is 8.42 Å². The maximum Gasteiger partial charge on any atom is 0.255 e. The van der Waals surface area contributed by atoms with Gasteiger partial charge in [-0.15, -0.1) is 0 Å². The summed E-state index contributed by atoms with van der Waals surface area (Å²) >= 11 is 6.28. The number of hydrogen-bond acceptors (Lipinski definition) is 5. The van der Waals surface area contributed by atoms with Crippen LogP contribution < -0.4 is 10.2 Å². The number of amides is 1. The van der Waals surface area contributed by atoms with Crippen molar-refractivity contribution in [2.75, 3.05) is 49.6 Å². The maximum atomic E-state index is 13.2. The molecule has 1 amide bonds. The van der Waals surface area contributed by atoms with Crippen molar-refractivity contribution in [3.8, 4) is 0 Å². The van der Waals surface area contributed by atoms with Gasteiger partial charge in [0.15, 0.2) is 0 Å². The van der Waals surface area contributed by atoms with Crippen LogP contribution in [0.25, 0.3) is 0 Å². The van der Waals surface area contributed by atoms with E-state index in [0.717, 1.165) is 44.5 Å². The van der Waals surface area contributed by atoms with E-state index in [0.29, 0.717) is 32.0 Å². The number of anilines is 2. The number of carbonyl (C=O) groups is 1. The number of ether oxygens (including phenoxy) is 1. The number of benzene rings is 2. The SMILES string of the molecule is O=C(Nc1ccccc1N1CCOCC1)c1ccc(Cl)c(S(=O)(=O)N2CCCCCC2)c1. The minimum atomic E-state index is -3.77. The average Bonchev–Trinajstić information content (AvgIpc) is 3.10. The zero-order valence-electron chi connectivity index (χ0n) is 17.9. The lowest BCUT2D eigenvalue weighted by atomic mass is 10.2. The van der Waals surface area contributed by atoms with Gasteiger partial charge in [-0.3, -0.25) is 4.79 Å². The number of morpholine rings is 1. The number of halogens is 1. The van der Waals surface area contributed by atoms with E-state index < -0.39 is 10.0 Å². The molecule has 0 atom stereocenters. The lowest BCUT2D eigenvalue weighted by Crippen LogP contribution is -2.36. The van der Waals surface area contributed by atoms with Gasteiger partial charge in [0.25, 0.3) is 5.91 Å². The highest BCUT2D eigenvalue weighted by Gasteiger charge is 2.28. The largest absolute Gasteiger partial charge is 0.378 e. The lowest BCUT2D eigenvalue weighted by molar-refractivity contribution is 0.102. The van der Waals surface area contributed by atoms with Gasteiger partial charge >= 0.3 is 0 Å². The Hall–Kier alpha value is -2.13. The summed E-state index contributed by atoms with van der Waals surface area (Å²) in [5.41, 5.74) is 1.83. The van der Waals surface area contributed by atoms with Crippen molar-refractivity contribution in [2.24, 2.45) is 0 Å². The summed E-state index contributed by atoms with van der Waals surface area (Å²) in [5, 5.41) is 3.06. The normalized spacial score (nSPS) is 18.2. The molecule has 7 nitrogen and oxygen atoms in total. The fourth-order valence-corrected chi connectivity index (χ4v) is 6.13. The number of sulfonamides is 1. The van der Waals surface area contributed by atoms with Crippen LogP contribution in [0.4, 0.5) is 11.4 Å². The third-order valence-electron chi connectivity index (χ3n) is 5.88. The predicted molar refractivity (Wildman–Crippen MR) is 126 cm³/mol. The zero-order valence-corrected chi connectivity index (χ0v) is 19.5. The number of carbonyl (C=O) groups excluding carboxylic acids is 1. The van der Waals surface area contributed by atoms with Crippen LogP contribution in [0.1, 0.15) is 36.0 Å². The van der Waals surface area contributed by atoms with Crippen molar-refractivity contribution in [3.63, 3.8) is 0 Å². The molecule has 2 fully saturated rings. The molecule has 2 heterocycles. The lowest BCUT2D eigenvalue weighted by Gasteiger charge is -2.30. The van der Waals surface area contributed by atoms with E-state index in [1.54, 1.807) is 6.07 Å². The monoisotopic (exact) mass is 477 g/mol. The highest BCUT2D eigenvalue weighted by atomic mass is 35.5. The quantitative estimate of drug-likeness (QED) is 0.704. The van der Waals surface area contributed by atoms with Gasteiger partial charge in [0.1, 0.15) is 4.90 Å². The van der Waals surface area contributed by atoms with Gasteiger partial charge in [-0.2, -0.15) is 4.31 Å². The minimum absolute atomic E-state index is 0.0184.